The quantitative estimate of drug-likeness (QED) is 0.250. The summed E-state index contributed by atoms with van der Waals surface area (Å²) in [4.78, 5) is 22.7. The summed E-state index contributed by atoms with van der Waals surface area (Å²) < 4.78 is 41.8. The highest BCUT2D eigenvalue weighted by Crippen LogP contribution is 2.28. The van der Waals surface area contributed by atoms with Gasteiger partial charge in [0, 0.05) is 19.2 Å². The number of carbonyl (C=O) groups is 2. The average molecular weight is 492 g/mol. The molecule has 0 spiro atoms. The summed E-state index contributed by atoms with van der Waals surface area (Å²) in [5.74, 6) is -0.263. The van der Waals surface area contributed by atoms with Crippen molar-refractivity contribution >= 4 is 28.1 Å². The van der Waals surface area contributed by atoms with E-state index in [1.54, 1.807) is 0 Å². The Bertz CT molecular complexity index is 1150. The van der Waals surface area contributed by atoms with E-state index in [1.807, 2.05) is 24.3 Å². The van der Waals surface area contributed by atoms with Crippen molar-refractivity contribution in [3.8, 4) is 5.75 Å². The Hall–Kier alpha value is -3.44. The highest BCUT2D eigenvalue weighted by Gasteiger charge is 2.27. The SMILES string of the molecule is COC(=O)NC(=N)c1ccc(OC(=O)OC)c(S(=O)(=O)N(C)CCc2ccc(C(C)C)cc2)c1. The number of ether oxygens (including phenoxy) is 3. The number of carbonyl (C=O) groups excluding carboxylic acids is 2. The number of amides is 1. The van der Waals surface area contributed by atoms with Gasteiger partial charge in [0.1, 0.15) is 10.7 Å². The molecule has 1 amide bonds. The molecule has 2 aromatic rings. The van der Waals surface area contributed by atoms with Crippen molar-refractivity contribution in [1.82, 2.24) is 9.62 Å². The van der Waals surface area contributed by atoms with Crippen molar-refractivity contribution in [3.63, 3.8) is 0 Å². The molecule has 2 rings (SSSR count). The van der Waals surface area contributed by atoms with E-state index in [4.69, 9.17) is 10.1 Å². The second kappa shape index (κ2) is 11.6. The zero-order valence-corrected chi connectivity index (χ0v) is 20.6. The van der Waals surface area contributed by atoms with E-state index in [-0.39, 0.29) is 28.6 Å². The number of methoxy groups -OCH3 is 2. The topological polar surface area (TPSA) is 135 Å². The summed E-state index contributed by atoms with van der Waals surface area (Å²) in [5.41, 5.74) is 2.23. The Morgan fingerprint density at radius 1 is 1.06 bits per heavy atom. The van der Waals surface area contributed by atoms with Gasteiger partial charge in [-0.1, -0.05) is 38.1 Å². The van der Waals surface area contributed by atoms with Crippen molar-refractivity contribution in [2.24, 2.45) is 0 Å². The van der Waals surface area contributed by atoms with Gasteiger partial charge >= 0.3 is 12.2 Å². The van der Waals surface area contributed by atoms with Crippen LogP contribution in [-0.4, -0.2) is 58.6 Å². The van der Waals surface area contributed by atoms with Gasteiger partial charge < -0.3 is 14.2 Å². The number of nitrogens with zero attached hydrogens (tertiary/aromatic N) is 1. The Morgan fingerprint density at radius 3 is 2.26 bits per heavy atom. The van der Waals surface area contributed by atoms with Crippen LogP contribution in [-0.2, 0) is 25.9 Å². The number of sulfonamides is 1. The minimum Gasteiger partial charge on any atom is -0.453 e. The molecular weight excluding hydrogens is 462 g/mol. The summed E-state index contributed by atoms with van der Waals surface area (Å²) in [7, 11) is -0.507. The van der Waals surface area contributed by atoms with E-state index in [1.165, 1.54) is 24.7 Å². The van der Waals surface area contributed by atoms with Crippen molar-refractivity contribution in [2.45, 2.75) is 31.1 Å². The summed E-state index contributed by atoms with van der Waals surface area (Å²) >= 11 is 0. The minimum absolute atomic E-state index is 0.0684. The molecule has 0 aliphatic carbocycles. The fraction of sp³-hybridized carbons (Fsp3) is 0.348. The largest absolute Gasteiger partial charge is 0.513 e. The van der Waals surface area contributed by atoms with Crippen LogP contribution in [0.1, 0.15) is 36.5 Å². The van der Waals surface area contributed by atoms with Crippen LogP contribution in [0.2, 0.25) is 0 Å². The van der Waals surface area contributed by atoms with Gasteiger partial charge in [-0.15, -0.1) is 0 Å². The smallest absolute Gasteiger partial charge is 0.453 e. The van der Waals surface area contributed by atoms with Gasteiger partial charge in [0.15, 0.2) is 5.75 Å². The number of amidine groups is 1. The molecule has 34 heavy (non-hydrogen) atoms. The minimum atomic E-state index is -4.15. The van der Waals surface area contributed by atoms with Crippen molar-refractivity contribution in [1.29, 1.82) is 5.41 Å². The van der Waals surface area contributed by atoms with Gasteiger partial charge in [0.05, 0.1) is 14.2 Å². The second-order valence-corrected chi connectivity index (χ2v) is 9.70. The van der Waals surface area contributed by atoms with Gasteiger partial charge in [-0.05, 0) is 41.7 Å². The monoisotopic (exact) mass is 491 g/mol. The molecule has 0 bridgehead atoms. The van der Waals surface area contributed by atoms with Crippen LogP contribution in [0.25, 0.3) is 0 Å². The van der Waals surface area contributed by atoms with Gasteiger partial charge in [-0.2, -0.15) is 0 Å². The fourth-order valence-corrected chi connectivity index (χ4v) is 4.26. The molecule has 2 N–H and O–H groups in total. The molecule has 0 radical (unpaired) electrons. The molecule has 10 nitrogen and oxygen atoms in total. The Balaban J connectivity index is 2.32. The van der Waals surface area contributed by atoms with Crippen LogP contribution >= 0.6 is 0 Å². The van der Waals surface area contributed by atoms with Gasteiger partial charge in [-0.25, -0.2) is 22.3 Å². The number of hydrogen-bond donors (Lipinski definition) is 2. The van der Waals surface area contributed by atoms with Gasteiger partial charge in [0.25, 0.3) is 0 Å². The highest BCUT2D eigenvalue weighted by molar-refractivity contribution is 7.89. The van der Waals surface area contributed by atoms with Crippen LogP contribution in [0.5, 0.6) is 5.75 Å². The molecule has 0 atom stereocenters. The molecule has 0 saturated carbocycles. The second-order valence-electron chi connectivity index (χ2n) is 7.68. The van der Waals surface area contributed by atoms with Crippen LogP contribution in [0, 0.1) is 5.41 Å². The predicted octanol–water partition coefficient (Wildman–Crippen LogP) is 3.50. The average Bonchev–Trinajstić information content (AvgIpc) is 2.82. The molecule has 184 valence electrons. The van der Waals surface area contributed by atoms with E-state index in [9.17, 15) is 18.0 Å². The first-order valence-corrected chi connectivity index (χ1v) is 11.8. The van der Waals surface area contributed by atoms with E-state index < -0.39 is 22.3 Å². The van der Waals surface area contributed by atoms with Gasteiger partial charge in [-0.3, -0.25) is 10.7 Å². The summed E-state index contributed by atoms with van der Waals surface area (Å²) in [6.45, 7) is 4.35. The molecule has 0 unspecified atom stereocenters. The van der Waals surface area contributed by atoms with Crippen LogP contribution < -0.4 is 10.1 Å². The van der Waals surface area contributed by atoms with E-state index in [2.05, 4.69) is 28.6 Å². The Labute approximate surface area is 199 Å². The molecule has 2 aromatic carbocycles. The molecule has 0 aliphatic rings. The zero-order chi connectivity index (χ0) is 25.5. The normalized spacial score (nSPS) is 11.3. The van der Waals surface area contributed by atoms with Crippen molar-refractivity contribution in [3.05, 3.63) is 59.2 Å². The maximum Gasteiger partial charge on any atom is 0.513 e. The first kappa shape index (κ1) is 26.8. The third kappa shape index (κ3) is 6.78. The fourth-order valence-electron chi connectivity index (χ4n) is 2.95. The standard InChI is InChI=1S/C23H29N3O7S/c1-15(2)17-8-6-16(7-9-17)12-13-26(3)34(29,30)20-14-18(21(24)25-22(27)31-4)10-11-19(20)33-23(28)32-5/h6-11,14-15H,12-13H2,1-5H3,(H2,24,25,27). The van der Waals surface area contributed by atoms with Crippen LogP contribution in [0.15, 0.2) is 47.4 Å². The molecule has 11 heteroatoms. The first-order chi connectivity index (χ1) is 16.0. The maximum atomic E-state index is 13.4. The third-order valence-corrected chi connectivity index (χ3v) is 6.93. The lowest BCUT2D eigenvalue weighted by molar-refractivity contribution is 0.120. The van der Waals surface area contributed by atoms with Crippen LogP contribution in [0.3, 0.4) is 0 Å². The summed E-state index contributed by atoms with van der Waals surface area (Å²) in [6.07, 6.45) is -1.52. The predicted molar refractivity (Wildman–Crippen MR) is 126 cm³/mol. The number of hydrogen-bond acceptors (Lipinski definition) is 8. The number of likely N-dealkylation sites (N-methyl/N-ethyl adjacent to an activating group) is 1. The lowest BCUT2D eigenvalue weighted by atomic mass is 10.0. The van der Waals surface area contributed by atoms with Crippen LogP contribution in [0.4, 0.5) is 9.59 Å². The molecule has 0 aliphatic heterocycles. The number of rotatable bonds is 8. The Morgan fingerprint density at radius 2 is 1.71 bits per heavy atom. The van der Waals surface area contributed by atoms with Gasteiger partial charge in [0.2, 0.25) is 10.0 Å². The third-order valence-electron chi connectivity index (χ3n) is 5.05. The zero-order valence-electron chi connectivity index (χ0n) is 19.7. The number of benzene rings is 2. The highest BCUT2D eigenvalue weighted by atomic mass is 32.2. The first-order valence-electron chi connectivity index (χ1n) is 10.4. The lowest BCUT2D eigenvalue weighted by Gasteiger charge is -2.20. The molecular formula is C23H29N3O7S. The molecule has 0 saturated heterocycles. The lowest BCUT2D eigenvalue weighted by Crippen LogP contribution is -2.32. The maximum absolute atomic E-state index is 13.4. The van der Waals surface area contributed by atoms with E-state index in [0.717, 1.165) is 30.2 Å². The number of nitrogens with one attached hydrogen (secondary N) is 2. The molecule has 0 fully saturated rings. The number of alkyl carbamates (subject to hydrolysis) is 1. The van der Waals surface area contributed by atoms with Crippen molar-refractivity contribution in [2.75, 3.05) is 27.8 Å². The molecule has 0 heterocycles. The Kier molecular flexibility index (Phi) is 9.16. The van der Waals surface area contributed by atoms with E-state index >= 15 is 0 Å². The summed E-state index contributed by atoms with van der Waals surface area (Å²) in [5, 5.41) is 10.2. The van der Waals surface area contributed by atoms with E-state index in [0.29, 0.717) is 12.3 Å². The van der Waals surface area contributed by atoms with Crippen molar-refractivity contribution < 1.29 is 32.2 Å². The molecule has 0 aromatic heterocycles. The summed E-state index contributed by atoms with van der Waals surface area (Å²) in [6, 6.07) is 11.6.